The van der Waals surface area contributed by atoms with E-state index in [0.717, 1.165) is 46.7 Å². The summed E-state index contributed by atoms with van der Waals surface area (Å²) in [5.41, 5.74) is 2.67. The zero-order valence-corrected chi connectivity index (χ0v) is 28.2. The lowest BCUT2D eigenvalue weighted by molar-refractivity contribution is -0.150. The number of rotatable bonds is 9. The van der Waals surface area contributed by atoms with Gasteiger partial charge in [0.1, 0.15) is 5.75 Å². The number of aliphatic hydroxyl groups excluding tert-OH is 1. The van der Waals surface area contributed by atoms with Gasteiger partial charge < -0.3 is 29.3 Å². The van der Waals surface area contributed by atoms with Gasteiger partial charge in [0, 0.05) is 42.6 Å². The molecule has 9 heteroatoms. The van der Waals surface area contributed by atoms with Gasteiger partial charge >= 0.3 is 0 Å². The molecule has 5 atom stereocenters. The average molecular weight is 652 g/mol. The third-order valence-electron chi connectivity index (χ3n) is 11.4. The van der Waals surface area contributed by atoms with E-state index in [0.29, 0.717) is 26.1 Å². The molecule has 48 heavy (non-hydrogen) atoms. The lowest BCUT2D eigenvalue weighted by Crippen LogP contribution is -2.46. The number of carbonyl (C=O) groups excluding carboxylic acids is 3. The molecule has 0 unspecified atom stereocenters. The molecule has 3 saturated heterocycles. The molecule has 1 spiro atoms. The van der Waals surface area contributed by atoms with Crippen molar-refractivity contribution in [2.45, 2.75) is 76.2 Å². The molecule has 3 fully saturated rings. The van der Waals surface area contributed by atoms with Crippen molar-refractivity contribution in [3.05, 3.63) is 89.5 Å². The highest BCUT2D eigenvalue weighted by Crippen LogP contribution is 2.60. The first-order valence-electron chi connectivity index (χ1n) is 17.1. The predicted octanol–water partition coefficient (Wildman–Crippen LogP) is 5.18. The maximum atomic E-state index is 15.0. The predicted molar refractivity (Wildman–Crippen MR) is 183 cm³/mol. The first-order valence-corrected chi connectivity index (χ1v) is 17.1. The standard InChI is InChI=1S/C39H45N3O6/c1-25-36(38(2,3)27-14-16-30(47-4)17-15-27)33(22-35(45)40-19-8-11-29(40)24-43)48-39(25)31-12-5-6-13-32(31)42(37(39)46)23-26-9-7-10-28(21-26)41-20-18-34(41)44/h5-7,9-10,12-17,21,25,29,33,36,43H,8,11,18-20,22-24H2,1-4H3/t25-,29+,33+,36-,39+/m1/s1. The quantitative estimate of drug-likeness (QED) is 0.321. The number of benzene rings is 3. The lowest BCUT2D eigenvalue weighted by atomic mass is 9.63. The van der Waals surface area contributed by atoms with Crippen molar-refractivity contribution in [2.24, 2.45) is 11.8 Å². The van der Waals surface area contributed by atoms with Crippen molar-refractivity contribution in [1.29, 1.82) is 0 Å². The Morgan fingerprint density at radius 3 is 2.50 bits per heavy atom. The normalized spacial score (nSPS) is 26.7. The summed E-state index contributed by atoms with van der Waals surface area (Å²) in [7, 11) is 1.64. The molecule has 7 rings (SSSR count). The number of hydrogen-bond donors (Lipinski definition) is 1. The number of β-lactam (4-membered cyclic amide) rings is 1. The summed E-state index contributed by atoms with van der Waals surface area (Å²) in [6.07, 6.45) is 1.76. The monoisotopic (exact) mass is 651 g/mol. The van der Waals surface area contributed by atoms with Gasteiger partial charge in [-0.25, -0.2) is 0 Å². The van der Waals surface area contributed by atoms with Crippen molar-refractivity contribution < 1.29 is 29.0 Å². The van der Waals surface area contributed by atoms with E-state index >= 15 is 4.79 Å². The largest absolute Gasteiger partial charge is 0.497 e. The summed E-state index contributed by atoms with van der Waals surface area (Å²) in [5.74, 6) is 0.180. The van der Waals surface area contributed by atoms with Crippen LogP contribution in [0.15, 0.2) is 72.8 Å². The zero-order valence-electron chi connectivity index (χ0n) is 28.2. The molecule has 0 aliphatic carbocycles. The molecule has 4 aliphatic rings. The van der Waals surface area contributed by atoms with Crippen LogP contribution < -0.4 is 14.5 Å². The second-order valence-corrected chi connectivity index (χ2v) is 14.3. The minimum absolute atomic E-state index is 0.0516. The molecule has 3 aromatic rings. The molecule has 0 radical (unpaired) electrons. The first-order chi connectivity index (χ1) is 23.1. The number of carbonyl (C=O) groups is 3. The molecular formula is C39H45N3O6. The second-order valence-electron chi connectivity index (χ2n) is 14.3. The summed E-state index contributed by atoms with van der Waals surface area (Å²) in [6.45, 7) is 8.02. The van der Waals surface area contributed by atoms with Gasteiger partial charge in [0.2, 0.25) is 11.8 Å². The van der Waals surface area contributed by atoms with Crippen LogP contribution in [0.1, 0.15) is 63.1 Å². The van der Waals surface area contributed by atoms with Crippen LogP contribution in [0, 0.1) is 11.8 Å². The van der Waals surface area contributed by atoms with Gasteiger partial charge in [-0.15, -0.1) is 0 Å². The van der Waals surface area contributed by atoms with Crippen LogP contribution >= 0.6 is 0 Å². The Labute approximate surface area is 282 Å². The Morgan fingerprint density at radius 2 is 1.81 bits per heavy atom. The molecule has 9 nitrogen and oxygen atoms in total. The molecule has 3 amide bonds. The molecule has 3 aromatic carbocycles. The summed E-state index contributed by atoms with van der Waals surface area (Å²) >= 11 is 0. The van der Waals surface area contributed by atoms with Crippen LogP contribution in [-0.2, 0) is 36.7 Å². The number of ether oxygens (including phenoxy) is 2. The topological polar surface area (TPSA) is 99.6 Å². The number of para-hydroxylation sites is 1. The third kappa shape index (κ3) is 5.10. The third-order valence-corrected chi connectivity index (χ3v) is 11.4. The van der Waals surface area contributed by atoms with Crippen LogP contribution in [0.25, 0.3) is 0 Å². The van der Waals surface area contributed by atoms with Gasteiger partial charge in [0.15, 0.2) is 5.60 Å². The molecule has 4 aliphatic heterocycles. The Bertz CT molecular complexity index is 1720. The SMILES string of the molecule is COc1ccc(C(C)(C)[C@H]2[C@H](CC(=O)N3CCC[C@H]3CO)O[C@@]3(C(=O)N(Cc4cccc(N5CCC5=O)c4)c4ccccc43)[C@@H]2C)cc1. The fourth-order valence-electron chi connectivity index (χ4n) is 8.86. The zero-order chi connectivity index (χ0) is 33.8. The van der Waals surface area contributed by atoms with Gasteiger partial charge in [-0.2, -0.15) is 0 Å². The highest BCUT2D eigenvalue weighted by molar-refractivity contribution is 6.07. The first kappa shape index (κ1) is 32.3. The number of hydrogen-bond acceptors (Lipinski definition) is 6. The van der Waals surface area contributed by atoms with Crippen molar-refractivity contribution in [3.63, 3.8) is 0 Å². The summed E-state index contributed by atoms with van der Waals surface area (Å²) in [5, 5.41) is 10.00. The van der Waals surface area contributed by atoms with E-state index in [-0.39, 0.29) is 48.6 Å². The van der Waals surface area contributed by atoms with Gasteiger partial charge in [0.25, 0.3) is 5.91 Å². The fraction of sp³-hybridized carbons (Fsp3) is 0.462. The van der Waals surface area contributed by atoms with E-state index in [1.54, 1.807) is 16.9 Å². The maximum absolute atomic E-state index is 15.0. The van der Waals surface area contributed by atoms with Crippen LogP contribution in [0.2, 0.25) is 0 Å². The van der Waals surface area contributed by atoms with E-state index < -0.39 is 17.1 Å². The van der Waals surface area contributed by atoms with Gasteiger partial charge in [-0.1, -0.05) is 63.2 Å². The number of amides is 3. The number of fused-ring (bicyclic) bond motifs is 2. The fourth-order valence-corrected chi connectivity index (χ4v) is 8.86. The average Bonchev–Trinajstić information content (AvgIpc) is 3.75. The molecule has 0 saturated carbocycles. The molecule has 252 valence electrons. The van der Waals surface area contributed by atoms with Gasteiger partial charge in [-0.3, -0.25) is 14.4 Å². The Hall–Kier alpha value is -4.21. The van der Waals surface area contributed by atoms with Crippen molar-refractivity contribution in [2.75, 3.05) is 36.6 Å². The number of methoxy groups -OCH3 is 1. The second kappa shape index (κ2) is 12.3. The van der Waals surface area contributed by atoms with Crippen LogP contribution in [0.3, 0.4) is 0 Å². The Kier molecular flexibility index (Phi) is 8.32. The molecule has 0 aromatic heterocycles. The van der Waals surface area contributed by atoms with E-state index in [4.69, 9.17) is 9.47 Å². The van der Waals surface area contributed by atoms with Crippen molar-refractivity contribution in [3.8, 4) is 5.75 Å². The maximum Gasteiger partial charge on any atom is 0.264 e. The summed E-state index contributed by atoms with van der Waals surface area (Å²) < 4.78 is 12.6. The van der Waals surface area contributed by atoms with E-state index in [9.17, 15) is 14.7 Å². The Morgan fingerprint density at radius 1 is 1.04 bits per heavy atom. The smallest absolute Gasteiger partial charge is 0.264 e. The van der Waals surface area contributed by atoms with Crippen LogP contribution in [0.4, 0.5) is 11.4 Å². The van der Waals surface area contributed by atoms with Crippen molar-refractivity contribution >= 4 is 29.1 Å². The molecule has 0 bridgehead atoms. The molecule has 4 heterocycles. The number of aliphatic hydroxyl groups is 1. The van der Waals surface area contributed by atoms with Gasteiger partial charge in [0.05, 0.1) is 44.5 Å². The van der Waals surface area contributed by atoms with Crippen molar-refractivity contribution in [1.82, 2.24) is 4.90 Å². The van der Waals surface area contributed by atoms with E-state index in [1.165, 1.54) is 0 Å². The lowest BCUT2D eigenvalue weighted by Gasteiger charge is -2.39. The number of likely N-dealkylation sites (tertiary alicyclic amines) is 1. The summed E-state index contributed by atoms with van der Waals surface area (Å²) in [6, 6.07) is 23.5. The highest BCUT2D eigenvalue weighted by atomic mass is 16.5. The summed E-state index contributed by atoms with van der Waals surface area (Å²) in [4.78, 5) is 46.5. The highest BCUT2D eigenvalue weighted by Gasteiger charge is 2.66. The minimum atomic E-state index is -1.29. The van der Waals surface area contributed by atoms with Gasteiger partial charge in [-0.05, 0) is 59.7 Å². The van der Waals surface area contributed by atoms with E-state index in [1.807, 2.05) is 65.6 Å². The molecular weight excluding hydrogens is 606 g/mol. The Balaban J connectivity index is 1.27. The molecule has 1 N–H and O–H groups in total. The van der Waals surface area contributed by atoms with E-state index in [2.05, 4.69) is 32.9 Å². The number of nitrogens with zero attached hydrogens (tertiary/aromatic N) is 3. The van der Waals surface area contributed by atoms with Crippen LogP contribution in [-0.4, -0.2) is 66.7 Å². The minimum Gasteiger partial charge on any atom is -0.497 e. The van der Waals surface area contributed by atoms with Crippen LogP contribution in [0.5, 0.6) is 5.75 Å². The number of anilines is 2.